The molecule has 0 spiro atoms. The van der Waals surface area contributed by atoms with E-state index in [4.69, 9.17) is 4.74 Å². The van der Waals surface area contributed by atoms with E-state index in [2.05, 4.69) is 5.32 Å². The van der Waals surface area contributed by atoms with Gasteiger partial charge in [0.25, 0.3) is 0 Å². The molecule has 0 bridgehead atoms. The number of benzene rings is 2. The molecule has 8 nitrogen and oxygen atoms in total. The lowest BCUT2D eigenvalue weighted by molar-refractivity contribution is -0.140. The van der Waals surface area contributed by atoms with Gasteiger partial charge in [-0.15, -0.1) is 0 Å². The van der Waals surface area contributed by atoms with E-state index in [-0.39, 0.29) is 24.8 Å². The molecule has 1 atom stereocenters. The molecule has 2 aromatic carbocycles. The number of carbonyl (C=O) groups excluding carboxylic acids is 2. The number of nitrogens with zero attached hydrogens (tertiary/aromatic N) is 2. The van der Waals surface area contributed by atoms with E-state index in [0.29, 0.717) is 30.9 Å². The van der Waals surface area contributed by atoms with Crippen LogP contribution in [0.2, 0.25) is 0 Å². The van der Waals surface area contributed by atoms with Gasteiger partial charge in [0.2, 0.25) is 21.8 Å². The van der Waals surface area contributed by atoms with Crippen LogP contribution in [0, 0.1) is 6.92 Å². The zero-order chi connectivity index (χ0) is 25.3. The van der Waals surface area contributed by atoms with Crippen molar-refractivity contribution in [3.63, 3.8) is 0 Å². The van der Waals surface area contributed by atoms with Gasteiger partial charge in [-0.3, -0.25) is 13.9 Å². The van der Waals surface area contributed by atoms with Crippen LogP contribution in [-0.4, -0.2) is 57.6 Å². The van der Waals surface area contributed by atoms with Gasteiger partial charge in [0.05, 0.1) is 19.1 Å². The van der Waals surface area contributed by atoms with Gasteiger partial charge >= 0.3 is 0 Å². The second-order valence-electron chi connectivity index (χ2n) is 8.16. The lowest BCUT2D eigenvalue weighted by atomic mass is 10.1. The van der Waals surface area contributed by atoms with Crippen LogP contribution in [0.15, 0.2) is 48.5 Å². The van der Waals surface area contributed by atoms with Crippen LogP contribution >= 0.6 is 0 Å². The lowest BCUT2D eigenvalue weighted by Gasteiger charge is -2.30. The molecule has 2 aromatic rings. The summed E-state index contributed by atoms with van der Waals surface area (Å²) in [5, 5.41) is 2.78. The summed E-state index contributed by atoms with van der Waals surface area (Å²) in [5.74, 6) is 0.113. The predicted octanol–water partition coefficient (Wildman–Crippen LogP) is 3.10. The molecule has 1 N–H and O–H groups in total. The second-order valence-corrected chi connectivity index (χ2v) is 10.1. The van der Waals surface area contributed by atoms with Crippen molar-refractivity contribution in [2.75, 3.05) is 30.8 Å². The summed E-state index contributed by atoms with van der Waals surface area (Å²) in [4.78, 5) is 27.3. The van der Waals surface area contributed by atoms with Crippen molar-refractivity contribution < 1.29 is 22.7 Å². The third kappa shape index (κ3) is 7.48. The van der Waals surface area contributed by atoms with Crippen LogP contribution < -0.4 is 14.4 Å². The Hall–Kier alpha value is -3.07. The molecule has 2 rings (SSSR count). The molecule has 9 heteroatoms. The van der Waals surface area contributed by atoms with E-state index in [0.717, 1.165) is 17.4 Å². The maximum atomic E-state index is 13.2. The number of hydrogen-bond donors (Lipinski definition) is 1. The first-order valence-electron chi connectivity index (χ1n) is 11.3. The molecule has 0 aromatic heterocycles. The zero-order valence-electron chi connectivity index (χ0n) is 20.6. The molecule has 0 aliphatic heterocycles. The third-order valence-electron chi connectivity index (χ3n) is 5.61. The number of likely N-dealkylation sites (N-methyl/N-ethyl adjacent to an activating group) is 1. The topological polar surface area (TPSA) is 96.0 Å². The Morgan fingerprint density at radius 3 is 2.44 bits per heavy atom. The predicted molar refractivity (Wildman–Crippen MR) is 134 cm³/mol. The Labute approximate surface area is 202 Å². The maximum Gasteiger partial charge on any atom is 0.242 e. The average Bonchev–Trinajstić information content (AvgIpc) is 2.80. The number of amides is 2. The summed E-state index contributed by atoms with van der Waals surface area (Å²) < 4.78 is 31.3. The minimum absolute atomic E-state index is 0.103. The highest BCUT2D eigenvalue weighted by molar-refractivity contribution is 7.92. The molecule has 0 saturated heterocycles. The molecule has 0 saturated carbocycles. The number of sulfonamides is 1. The first-order chi connectivity index (χ1) is 16.1. The highest BCUT2D eigenvalue weighted by atomic mass is 32.2. The Kier molecular flexibility index (Phi) is 9.92. The molecule has 0 aliphatic carbocycles. The molecule has 1 unspecified atom stereocenters. The second kappa shape index (κ2) is 12.4. The first kappa shape index (κ1) is 27.2. The van der Waals surface area contributed by atoms with Crippen LogP contribution in [0.25, 0.3) is 0 Å². The molecule has 0 radical (unpaired) electrons. The van der Waals surface area contributed by atoms with Crippen LogP contribution in [0.3, 0.4) is 0 Å². The third-order valence-corrected chi connectivity index (χ3v) is 6.81. The fourth-order valence-electron chi connectivity index (χ4n) is 3.65. The summed E-state index contributed by atoms with van der Waals surface area (Å²) in [5.41, 5.74) is 2.47. The van der Waals surface area contributed by atoms with E-state index in [1.54, 1.807) is 36.1 Å². The summed E-state index contributed by atoms with van der Waals surface area (Å²) >= 11 is 0. The maximum absolute atomic E-state index is 13.2. The lowest BCUT2D eigenvalue weighted by Crippen LogP contribution is -2.47. The summed E-state index contributed by atoms with van der Waals surface area (Å²) in [6.07, 6.45) is 1.54. The van der Waals surface area contributed by atoms with Crippen molar-refractivity contribution in [2.24, 2.45) is 0 Å². The Morgan fingerprint density at radius 1 is 1.12 bits per heavy atom. The van der Waals surface area contributed by atoms with Gasteiger partial charge < -0.3 is 15.0 Å². The standard InChI is InChI=1S/C25H35N3O5S/c1-6-26-25(30)20(3)27(18-21-12-8-7-11-19(21)2)24(29)15-10-16-28(34(5,31)32)22-13-9-14-23(17-22)33-4/h7-9,11-14,17,20H,6,10,15-16,18H2,1-5H3,(H,26,30). The van der Waals surface area contributed by atoms with Crippen LogP contribution in [-0.2, 0) is 26.2 Å². The number of ether oxygens (including phenoxy) is 1. The number of rotatable bonds is 12. The van der Waals surface area contributed by atoms with E-state index in [9.17, 15) is 18.0 Å². The van der Waals surface area contributed by atoms with E-state index in [1.165, 1.54) is 11.4 Å². The van der Waals surface area contributed by atoms with Crippen molar-refractivity contribution in [1.29, 1.82) is 0 Å². The molecule has 0 fully saturated rings. The van der Waals surface area contributed by atoms with Gasteiger partial charge in [-0.1, -0.05) is 30.3 Å². The highest BCUT2D eigenvalue weighted by Gasteiger charge is 2.26. The van der Waals surface area contributed by atoms with E-state index < -0.39 is 16.1 Å². The largest absolute Gasteiger partial charge is 0.497 e. The van der Waals surface area contributed by atoms with Crippen molar-refractivity contribution in [3.8, 4) is 5.75 Å². The fraction of sp³-hybridized carbons (Fsp3) is 0.440. The Bertz CT molecular complexity index is 1090. The smallest absolute Gasteiger partial charge is 0.242 e. The summed E-state index contributed by atoms with van der Waals surface area (Å²) in [7, 11) is -2.05. The van der Waals surface area contributed by atoms with Crippen molar-refractivity contribution in [2.45, 2.75) is 46.2 Å². The number of aryl methyl sites for hydroxylation is 1. The Morgan fingerprint density at radius 2 is 1.82 bits per heavy atom. The molecular formula is C25H35N3O5S. The van der Waals surface area contributed by atoms with Gasteiger partial charge in [-0.25, -0.2) is 8.42 Å². The van der Waals surface area contributed by atoms with Gasteiger partial charge in [0.15, 0.2) is 0 Å². The minimum atomic E-state index is -3.56. The molecule has 34 heavy (non-hydrogen) atoms. The number of anilines is 1. The number of carbonyl (C=O) groups is 2. The monoisotopic (exact) mass is 489 g/mol. The molecular weight excluding hydrogens is 454 g/mol. The fourth-order valence-corrected chi connectivity index (χ4v) is 4.60. The molecule has 2 amide bonds. The number of nitrogens with one attached hydrogen (secondary N) is 1. The number of methoxy groups -OCH3 is 1. The van der Waals surface area contributed by atoms with E-state index >= 15 is 0 Å². The first-order valence-corrected chi connectivity index (χ1v) is 13.2. The summed E-state index contributed by atoms with van der Waals surface area (Å²) in [6, 6.07) is 13.9. The zero-order valence-corrected chi connectivity index (χ0v) is 21.4. The van der Waals surface area contributed by atoms with E-state index in [1.807, 2.05) is 38.1 Å². The average molecular weight is 490 g/mol. The van der Waals surface area contributed by atoms with Gasteiger partial charge in [0, 0.05) is 32.1 Å². The van der Waals surface area contributed by atoms with Crippen LogP contribution in [0.1, 0.15) is 37.8 Å². The van der Waals surface area contributed by atoms with Crippen LogP contribution in [0.4, 0.5) is 5.69 Å². The minimum Gasteiger partial charge on any atom is -0.497 e. The molecule has 0 aliphatic rings. The molecule has 186 valence electrons. The Balaban J connectivity index is 2.17. The highest BCUT2D eigenvalue weighted by Crippen LogP contribution is 2.24. The SMILES string of the molecule is CCNC(=O)C(C)N(Cc1ccccc1C)C(=O)CCCN(c1cccc(OC)c1)S(C)(=O)=O. The van der Waals surface area contributed by atoms with Gasteiger partial charge in [0.1, 0.15) is 11.8 Å². The van der Waals surface area contributed by atoms with Crippen molar-refractivity contribution in [1.82, 2.24) is 10.2 Å². The van der Waals surface area contributed by atoms with Crippen LogP contribution in [0.5, 0.6) is 5.75 Å². The number of hydrogen-bond acceptors (Lipinski definition) is 5. The summed E-state index contributed by atoms with van der Waals surface area (Å²) in [6.45, 7) is 6.41. The van der Waals surface area contributed by atoms with Gasteiger partial charge in [-0.2, -0.15) is 0 Å². The van der Waals surface area contributed by atoms with Crippen molar-refractivity contribution >= 4 is 27.5 Å². The molecule has 0 heterocycles. The normalized spacial score (nSPS) is 12.0. The quantitative estimate of drug-likeness (QED) is 0.494. The van der Waals surface area contributed by atoms with Crippen molar-refractivity contribution in [3.05, 3.63) is 59.7 Å². The van der Waals surface area contributed by atoms with Gasteiger partial charge in [-0.05, 0) is 50.5 Å².